The Balaban J connectivity index is 1.85. The van der Waals surface area contributed by atoms with Gasteiger partial charge in [-0.05, 0) is 36.0 Å². The molecule has 1 amide bonds. The molecule has 0 unspecified atom stereocenters. The van der Waals surface area contributed by atoms with Crippen LogP contribution < -0.4 is 5.32 Å². The summed E-state index contributed by atoms with van der Waals surface area (Å²) >= 11 is 0. The van der Waals surface area contributed by atoms with Gasteiger partial charge in [-0.25, -0.2) is 4.79 Å². The molecular weight excluding hydrogens is 332 g/mol. The molecule has 1 N–H and O–H groups in total. The van der Waals surface area contributed by atoms with E-state index in [1.165, 1.54) is 11.6 Å². The molecule has 0 aliphatic carbocycles. The van der Waals surface area contributed by atoms with E-state index in [4.69, 9.17) is 9.47 Å². The Morgan fingerprint density at radius 2 is 2.12 bits per heavy atom. The van der Waals surface area contributed by atoms with Crippen molar-refractivity contribution in [3.05, 3.63) is 41.0 Å². The SMILES string of the molecule is CC(C)c1ccc(/C=C(\C#N)C(=O)OCC(=O)NC[C@H]2CCCO2)cc1. The Labute approximate surface area is 153 Å². The molecule has 26 heavy (non-hydrogen) atoms. The molecule has 2 rings (SSSR count). The number of carbonyl (C=O) groups is 2. The molecule has 1 aliphatic heterocycles. The summed E-state index contributed by atoms with van der Waals surface area (Å²) in [6.07, 6.45) is 3.38. The number of benzene rings is 1. The van der Waals surface area contributed by atoms with E-state index in [0.717, 1.165) is 18.4 Å². The van der Waals surface area contributed by atoms with E-state index in [9.17, 15) is 14.9 Å². The second-order valence-electron chi connectivity index (χ2n) is 6.51. The molecule has 0 radical (unpaired) electrons. The molecule has 0 bridgehead atoms. The van der Waals surface area contributed by atoms with E-state index in [2.05, 4.69) is 19.2 Å². The second kappa shape index (κ2) is 9.73. The number of hydrogen-bond acceptors (Lipinski definition) is 5. The third-order valence-electron chi connectivity index (χ3n) is 4.14. The van der Waals surface area contributed by atoms with Crippen LogP contribution in [0.3, 0.4) is 0 Å². The quantitative estimate of drug-likeness (QED) is 0.461. The van der Waals surface area contributed by atoms with Gasteiger partial charge in [-0.15, -0.1) is 0 Å². The van der Waals surface area contributed by atoms with Gasteiger partial charge in [0.1, 0.15) is 11.6 Å². The maximum atomic E-state index is 12.0. The molecule has 1 fully saturated rings. The van der Waals surface area contributed by atoms with Crippen molar-refractivity contribution < 1.29 is 19.1 Å². The molecule has 1 heterocycles. The summed E-state index contributed by atoms with van der Waals surface area (Å²) in [6.45, 7) is 4.87. The first-order valence-corrected chi connectivity index (χ1v) is 8.76. The Bertz CT molecular complexity index is 696. The molecule has 0 aromatic heterocycles. The highest BCUT2D eigenvalue weighted by atomic mass is 16.5. The van der Waals surface area contributed by atoms with Crippen LogP contribution in [-0.2, 0) is 19.1 Å². The summed E-state index contributed by atoms with van der Waals surface area (Å²) < 4.78 is 10.3. The van der Waals surface area contributed by atoms with Gasteiger partial charge in [0.25, 0.3) is 5.91 Å². The summed E-state index contributed by atoms with van der Waals surface area (Å²) in [5, 5.41) is 11.8. The highest BCUT2D eigenvalue weighted by molar-refractivity contribution is 5.98. The van der Waals surface area contributed by atoms with Gasteiger partial charge in [-0.2, -0.15) is 5.26 Å². The topological polar surface area (TPSA) is 88.4 Å². The monoisotopic (exact) mass is 356 g/mol. The minimum absolute atomic E-state index is 0.0260. The predicted molar refractivity (Wildman–Crippen MR) is 97.1 cm³/mol. The molecular formula is C20H24N2O4. The van der Waals surface area contributed by atoms with Gasteiger partial charge in [-0.3, -0.25) is 4.79 Å². The van der Waals surface area contributed by atoms with E-state index in [1.807, 2.05) is 30.3 Å². The van der Waals surface area contributed by atoms with Crippen LogP contribution in [0.25, 0.3) is 6.08 Å². The van der Waals surface area contributed by atoms with Gasteiger partial charge in [0.15, 0.2) is 6.61 Å². The van der Waals surface area contributed by atoms with E-state index in [1.54, 1.807) is 0 Å². The first-order chi connectivity index (χ1) is 12.5. The average molecular weight is 356 g/mol. The Morgan fingerprint density at radius 1 is 1.38 bits per heavy atom. The summed E-state index contributed by atoms with van der Waals surface area (Å²) in [5.74, 6) is -0.818. The molecule has 0 spiro atoms. The lowest BCUT2D eigenvalue weighted by Crippen LogP contribution is -2.34. The van der Waals surface area contributed by atoms with Gasteiger partial charge in [0, 0.05) is 13.2 Å². The molecule has 1 aromatic rings. The molecule has 1 saturated heterocycles. The molecule has 1 aliphatic rings. The lowest BCUT2D eigenvalue weighted by atomic mass is 10.0. The zero-order chi connectivity index (χ0) is 18.9. The maximum absolute atomic E-state index is 12.0. The van der Waals surface area contributed by atoms with Gasteiger partial charge in [0.05, 0.1) is 6.10 Å². The van der Waals surface area contributed by atoms with Crippen molar-refractivity contribution in [3.8, 4) is 6.07 Å². The van der Waals surface area contributed by atoms with Crippen LogP contribution >= 0.6 is 0 Å². The highest BCUT2D eigenvalue weighted by Gasteiger charge is 2.17. The number of esters is 1. The van der Waals surface area contributed by atoms with Crippen molar-refractivity contribution in [3.63, 3.8) is 0 Å². The van der Waals surface area contributed by atoms with Crippen molar-refractivity contribution in [1.82, 2.24) is 5.32 Å². The molecule has 1 aromatic carbocycles. The van der Waals surface area contributed by atoms with Crippen LogP contribution in [0.5, 0.6) is 0 Å². The first kappa shape index (κ1) is 19.7. The van der Waals surface area contributed by atoms with E-state index >= 15 is 0 Å². The lowest BCUT2D eigenvalue weighted by molar-refractivity contribution is -0.144. The average Bonchev–Trinajstić information content (AvgIpc) is 3.16. The van der Waals surface area contributed by atoms with Crippen molar-refractivity contribution in [2.75, 3.05) is 19.8 Å². The zero-order valence-corrected chi connectivity index (χ0v) is 15.2. The first-order valence-electron chi connectivity index (χ1n) is 8.76. The predicted octanol–water partition coefficient (Wildman–Crippen LogP) is 2.56. The summed E-state index contributed by atoms with van der Waals surface area (Å²) in [4.78, 5) is 23.7. The minimum atomic E-state index is -0.812. The molecule has 1 atom stereocenters. The van der Waals surface area contributed by atoms with Gasteiger partial charge in [0.2, 0.25) is 0 Å². The number of nitrogens with one attached hydrogen (secondary N) is 1. The van der Waals surface area contributed by atoms with Gasteiger partial charge in [-0.1, -0.05) is 38.1 Å². The summed E-state index contributed by atoms with van der Waals surface area (Å²) in [5.41, 5.74) is 1.76. The van der Waals surface area contributed by atoms with Crippen LogP contribution in [0.4, 0.5) is 0 Å². The number of amides is 1. The molecule has 6 heteroatoms. The standard InChI is InChI=1S/C20H24N2O4/c1-14(2)16-7-5-15(6-8-16)10-17(11-21)20(24)26-13-19(23)22-12-18-4-3-9-25-18/h5-8,10,14,18H,3-4,9,12-13H2,1-2H3,(H,22,23)/b17-10+/t18-/m1/s1. The number of hydrogen-bond donors (Lipinski definition) is 1. The third kappa shape index (κ3) is 6.01. The number of rotatable bonds is 7. The fourth-order valence-corrected chi connectivity index (χ4v) is 2.57. The lowest BCUT2D eigenvalue weighted by Gasteiger charge is -2.10. The van der Waals surface area contributed by atoms with Crippen molar-refractivity contribution in [2.24, 2.45) is 0 Å². The van der Waals surface area contributed by atoms with Crippen LogP contribution in [-0.4, -0.2) is 37.7 Å². The Morgan fingerprint density at radius 3 is 2.69 bits per heavy atom. The Hall–Kier alpha value is -2.65. The van der Waals surface area contributed by atoms with E-state index in [-0.39, 0.29) is 11.7 Å². The minimum Gasteiger partial charge on any atom is -0.451 e. The number of nitriles is 1. The molecule has 6 nitrogen and oxygen atoms in total. The van der Waals surface area contributed by atoms with Crippen molar-refractivity contribution >= 4 is 18.0 Å². The number of ether oxygens (including phenoxy) is 2. The van der Waals surface area contributed by atoms with Crippen molar-refractivity contribution in [2.45, 2.75) is 38.7 Å². The Kier molecular flexibility index (Phi) is 7.37. The summed E-state index contributed by atoms with van der Waals surface area (Å²) in [7, 11) is 0. The van der Waals surface area contributed by atoms with E-state index < -0.39 is 18.5 Å². The third-order valence-corrected chi connectivity index (χ3v) is 4.14. The summed E-state index contributed by atoms with van der Waals surface area (Å²) in [6, 6.07) is 9.41. The zero-order valence-electron chi connectivity index (χ0n) is 15.2. The van der Waals surface area contributed by atoms with Gasteiger partial charge < -0.3 is 14.8 Å². The fraction of sp³-hybridized carbons (Fsp3) is 0.450. The van der Waals surface area contributed by atoms with Gasteiger partial charge >= 0.3 is 5.97 Å². The molecule has 138 valence electrons. The molecule has 0 saturated carbocycles. The number of nitrogens with zero attached hydrogens (tertiary/aromatic N) is 1. The van der Waals surface area contributed by atoms with E-state index in [0.29, 0.717) is 19.1 Å². The number of carbonyl (C=O) groups excluding carboxylic acids is 2. The van der Waals surface area contributed by atoms with Crippen LogP contribution in [0.2, 0.25) is 0 Å². The smallest absolute Gasteiger partial charge is 0.349 e. The maximum Gasteiger partial charge on any atom is 0.349 e. The second-order valence-corrected chi connectivity index (χ2v) is 6.51. The van der Waals surface area contributed by atoms with Crippen LogP contribution in [0.15, 0.2) is 29.8 Å². The fourth-order valence-electron chi connectivity index (χ4n) is 2.57. The van der Waals surface area contributed by atoms with Crippen LogP contribution in [0, 0.1) is 11.3 Å². The normalized spacial score (nSPS) is 17.0. The van der Waals surface area contributed by atoms with Crippen LogP contribution in [0.1, 0.15) is 43.7 Å². The largest absolute Gasteiger partial charge is 0.451 e. The van der Waals surface area contributed by atoms with Crippen molar-refractivity contribution in [1.29, 1.82) is 5.26 Å². The highest BCUT2D eigenvalue weighted by Crippen LogP contribution is 2.16.